The first kappa shape index (κ1) is 17.0. The van der Waals surface area contributed by atoms with Crippen LogP contribution in [-0.4, -0.2) is 30.4 Å². The fourth-order valence-electron chi connectivity index (χ4n) is 3.02. The van der Waals surface area contributed by atoms with Gasteiger partial charge < -0.3 is 14.4 Å². The van der Waals surface area contributed by atoms with E-state index >= 15 is 0 Å². The van der Waals surface area contributed by atoms with E-state index in [9.17, 15) is 9.59 Å². The lowest BCUT2D eigenvalue weighted by atomic mass is 10.1. The first-order chi connectivity index (χ1) is 12.1. The number of amides is 1. The van der Waals surface area contributed by atoms with Crippen molar-refractivity contribution in [1.82, 2.24) is 4.90 Å². The van der Waals surface area contributed by atoms with E-state index in [0.717, 1.165) is 5.56 Å². The summed E-state index contributed by atoms with van der Waals surface area (Å²) in [6.07, 6.45) is 0.187. The van der Waals surface area contributed by atoms with Crippen LogP contribution in [0.15, 0.2) is 54.6 Å². The lowest BCUT2D eigenvalue weighted by Gasteiger charge is -2.25. The highest BCUT2D eigenvalue weighted by molar-refractivity contribution is 5.87. The second kappa shape index (κ2) is 7.38. The Bertz CT molecular complexity index is 742. The Morgan fingerprint density at radius 3 is 2.36 bits per heavy atom. The third-order valence-electron chi connectivity index (χ3n) is 4.52. The van der Waals surface area contributed by atoms with Crippen molar-refractivity contribution in [3.8, 4) is 11.5 Å². The Balaban J connectivity index is 1.64. The predicted octanol–water partition coefficient (Wildman–Crippen LogP) is 3.21. The van der Waals surface area contributed by atoms with Gasteiger partial charge in [-0.3, -0.25) is 9.59 Å². The van der Waals surface area contributed by atoms with Crippen molar-refractivity contribution in [2.75, 3.05) is 13.7 Å². The molecule has 0 saturated carbocycles. The van der Waals surface area contributed by atoms with Gasteiger partial charge in [-0.2, -0.15) is 0 Å². The van der Waals surface area contributed by atoms with Gasteiger partial charge in [0.2, 0.25) is 5.91 Å². The van der Waals surface area contributed by atoms with Crippen LogP contribution < -0.4 is 9.47 Å². The molecule has 0 aromatic heterocycles. The normalized spacial score (nSPS) is 18.1. The number of hydrogen-bond acceptors (Lipinski definition) is 4. The average molecular weight is 339 g/mol. The Kier molecular flexibility index (Phi) is 5.03. The van der Waals surface area contributed by atoms with Crippen molar-refractivity contribution in [2.45, 2.75) is 19.4 Å². The predicted molar refractivity (Wildman–Crippen MR) is 93.3 cm³/mol. The third kappa shape index (κ3) is 3.82. The molecule has 5 heteroatoms. The number of methoxy groups -OCH3 is 1. The molecule has 130 valence electrons. The number of carbonyl (C=O) groups excluding carboxylic acids is 2. The molecule has 0 spiro atoms. The van der Waals surface area contributed by atoms with Gasteiger partial charge in [0.1, 0.15) is 11.5 Å². The van der Waals surface area contributed by atoms with Crippen molar-refractivity contribution in [2.24, 2.45) is 5.92 Å². The van der Waals surface area contributed by atoms with E-state index in [4.69, 9.17) is 9.47 Å². The molecule has 5 nitrogen and oxygen atoms in total. The van der Waals surface area contributed by atoms with Crippen LogP contribution in [0.2, 0.25) is 0 Å². The van der Waals surface area contributed by atoms with Gasteiger partial charge in [-0.15, -0.1) is 0 Å². The lowest BCUT2D eigenvalue weighted by Crippen LogP contribution is -2.30. The molecule has 1 heterocycles. The van der Waals surface area contributed by atoms with E-state index in [0.29, 0.717) is 18.0 Å². The molecule has 1 saturated heterocycles. The highest BCUT2D eigenvalue weighted by Crippen LogP contribution is 2.29. The van der Waals surface area contributed by atoms with Crippen LogP contribution in [0.25, 0.3) is 0 Å². The molecule has 1 aliphatic heterocycles. The van der Waals surface area contributed by atoms with Crippen molar-refractivity contribution in [1.29, 1.82) is 0 Å². The first-order valence-corrected chi connectivity index (χ1v) is 8.28. The maximum absolute atomic E-state index is 12.4. The molecule has 0 N–H and O–H groups in total. The van der Waals surface area contributed by atoms with Crippen LogP contribution in [0.1, 0.15) is 24.9 Å². The summed E-state index contributed by atoms with van der Waals surface area (Å²) in [6, 6.07) is 16.6. The monoisotopic (exact) mass is 339 g/mol. The quantitative estimate of drug-likeness (QED) is 0.620. The van der Waals surface area contributed by atoms with Gasteiger partial charge in [0.25, 0.3) is 0 Å². The Labute approximate surface area is 147 Å². The van der Waals surface area contributed by atoms with Crippen LogP contribution in [0.3, 0.4) is 0 Å². The van der Waals surface area contributed by atoms with Crippen LogP contribution in [0, 0.1) is 5.92 Å². The molecule has 2 aromatic rings. The van der Waals surface area contributed by atoms with E-state index in [2.05, 4.69) is 0 Å². The Morgan fingerprint density at radius 2 is 1.72 bits per heavy atom. The number of rotatable bonds is 5. The van der Waals surface area contributed by atoms with Crippen LogP contribution in [-0.2, 0) is 9.59 Å². The molecular weight excluding hydrogens is 318 g/mol. The van der Waals surface area contributed by atoms with E-state index in [1.54, 1.807) is 36.3 Å². The van der Waals surface area contributed by atoms with Gasteiger partial charge in [-0.05, 0) is 36.8 Å². The average Bonchev–Trinajstić information content (AvgIpc) is 3.04. The van der Waals surface area contributed by atoms with Crippen LogP contribution in [0.5, 0.6) is 11.5 Å². The van der Waals surface area contributed by atoms with Gasteiger partial charge in [-0.1, -0.05) is 30.3 Å². The van der Waals surface area contributed by atoms with Gasteiger partial charge in [0, 0.05) is 13.0 Å². The van der Waals surface area contributed by atoms with Gasteiger partial charge in [0.15, 0.2) is 0 Å². The number of carbonyl (C=O) groups is 2. The summed E-state index contributed by atoms with van der Waals surface area (Å²) < 4.78 is 10.5. The largest absolute Gasteiger partial charge is 0.497 e. The Morgan fingerprint density at radius 1 is 1.08 bits per heavy atom. The second-order valence-corrected chi connectivity index (χ2v) is 6.13. The summed E-state index contributed by atoms with van der Waals surface area (Å²) in [5, 5.41) is 0. The van der Waals surface area contributed by atoms with E-state index < -0.39 is 5.92 Å². The maximum atomic E-state index is 12.4. The summed E-state index contributed by atoms with van der Waals surface area (Å²) in [7, 11) is 1.58. The molecule has 1 aliphatic rings. The molecule has 0 bridgehead atoms. The SMILES string of the molecule is COc1ccc(OC(=O)[C@H]2CC(=O)N([C@H](C)c3ccccc3)C2)cc1. The van der Waals surface area contributed by atoms with Crippen LogP contribution >= 0.6 is 0 Å². The standard InChI is InChI=1S/C20H21NO4/c1-14(15-6-4-3-5-7-15)21-13-16(12-19(21)22)20(23)25-18-10-8-17(24-2)9-11-18/h3-11,14,16H,12-13H2,1-2H3/t14-,16+/m1/s1. The van der Waals surface area contributed by atoms with Gasteiger partial charge in [0.05, 0.1) is 19.1 Å². The number of nitrogens with zero attached hydrogens (tertiary/aromatic N) is 1. The van der Waals surface area contributed by atoms with Gasteiger partial charge in [-0.25, -0.2) is 0 Å². The van der Waals surface area contributed by atoms with E-state index in [1.165, 1.54) is 0 Å². The van der Waals surface area contributed by atoms with Gasteiger partial charge >= 0.3 is 5.97 Å². The maximum Gasteiger partial charge on any atom is 0.316 e. The fraction of sp³-hybridized carbons (Fsp3) is 0.300. The summed E-state index contributed by atoms with van der Waals surface area (Å²) >= 11 is 0. The molecule has 0 radical (unpaired) electrons. The molecule has 2 atom stereocenters. The smallest absolute Gasteiger partial charge is 0.316 e. The molecule has 2 aromatic carbocycles. The van der Waals surface area contributed by atoms with E-state index in [-0.39, 0.29) is 24.3 Å². The topological polar surface area (TPSA) is 55.8 Å². The molecule has 25 heavy (non-hydrogen) atoms. The molecule has 0 aliphatic carbocycles. The zero-order valence-corrected chi connectivity index (χ0v) is 14.3. The highest BCUT2D eigenvalue weighted by Gasteiger charge is 2.38. The lowest BCUT2D eigenvalue weighted by molar-refractivity contribution is -0.139. The number of likely N-dealkylation sites (tertiary alicyclic amines) is 1. The van der Waals surface area contributed by atoms with E-state index in [1.807, 2.05) is 37.3 Å². The molecule has 1 fully saturated rings. The number of benzene rings is 2. The minimum absolute atomic E-state index is 0.0203. The first-order valence-electron chi connectivity index (χ1n) is 8.28. The van der Waals surface area contributed by atoms with Crippen LogP contribution in [0.4, 0.5) is 0 Å². The minimum Gasteiger partial charge on any atom is -0.497 e. The summed E-state index contributed by atoms with van der Waals surface area (Å²) in [4.78, 5) is 26.5. The van der Waals surface area contributed by atoms with Crippen molar-refractivity contribution >= 4 is 11.9 Å². The molecule has 1 amide bonds. The summed E-state index contributed by atoms with van der Waals surface area (Å²) in [5.41, 5.74) is 1.06. The minimum atomic E-state index is -0.444. The zero-order chi connectivity index (χ0) is 17.8. The van der Waals surface area contributed by atoms with Crippen molar-refractivity contribution in [3.63, 3.8) is 0 Å². The summed E-state index contributed by atoms with van der Waals surface area (Å²) in [6.45, 7) is 2.36. The number of hydrogen-bond donors (Lipinski definition) is 0. The fourth-order valence-corrected chi connectivity index (χ4v) is 3.02. The Hall–Kier alpha value is -2.82. The molecule has 0 unspecified atom stereocenters. The zero-order valence-electron chi connectivity index (χ0n) is 14.3. The van der Waals surface area contributed by atoms with Crippen molar-refractivity contribution < 1.29 is 19.1 Å². The molecule has 3 rings (SSSR count). The highest BCUT2D eigenvalue weighted by atomic mass is 16.5. The third-order valence-corrected chi connectivity index (χ3v) is 4.52. The number of ether oxygens (including phenoxy) is 2. The number of esters is 1. The molecular formula is C20H21NO4. The second-order valence-electron chi connectivity index (χ2n) is 6.13. The van der Waals surface area contributed by atoms with Crippen molar-refractivity contribution in [3.05, 3.63) is 60.2 Å². The summed E-state index contributed by atoms with van der Waals surface area (Å²) in [5.74, 6) is 0.307.